The van der Waals surface area contributed by atoms with Gasteiger partial charge in [0, 0.05) is 17.8 Å². The fourth-order valence-electron chi connectivity index (χ4n) is 3.96. The van der Waals surface area contributed by atoms with Gasteiger partial charge in [-0.3, -0.25) is 9.59 Å². The SMILES string of the molecule is Cc1cc(C)cc(C(C(=O)NC(C)C)N(C(=O)C(CS)NC(=O)OC(C)(C)C)C2CC2C)c1. The van der Waals surface area contributed by atoms with Crippen LogP contribution in [0.5, 0.6) is 0 Å². The summed E-state index contributed by atoms with van der Waals surface area (Å²) >= 11 is 4.32. The summed E-state index contributed by atoms with van der Waals surface area (Å²) in [5.74, 6) is -0.233. The van der Waals surface area contributed by atoms with Gasteiger partial charge in [-0.2, -0.15) is 12.6 Å². The summed E-state index contributed by atoms with van der Waals surface area (Å²) < 4.78 is 5.34. The zero-order chi connectivity index (χ0) is 25.1. The lowest BCUT2D eigenvalue weighted by atomic mass is 9.98. The van der Waals surface area contributed by atoms with E-state index in [1.165, 1.54) is 0 Å². The molecule has 2 N–H and O–H groups in total. The van der Waals surface area contributed by atoms with Gasteiger partial charge in [-0.25, -0.2) is 4.79 Å². The molecule has 0 heterocycles. The van der Waals surface area contributed by atoms with Gasteiger partial charge >= 0.3 is 6.09 Å². The van der Waals surface area contributed by atoms with Crippen LogP contribution in [-0.4, -0.2) is 52.3 Å². The number of alkyl carbamates (subject to hydrolysis) is 1. The molecule has 0 saturated heterocycles. The third-order valence-electron chi connectivity index (χ3n) is 5.37. The summed E-state index contributed by atoms with van der Waals surface area (Å²) in [7, 11) is 0. The van der Waals surface area contributed by atoms with Crippen molar-refractivity contribution in [2.45, 2.75) is 91.6 Å². The van der Waals surface area contributed by atoms with Gasteiger partial charge in [0.15, 0.2) is 0 Å². The lowest BCUT2D eigenvalue weighted by molar-refractivity contribution is -0.143. The molecule has 0 radical (unpaired) electrons. The van der Waals surface area contributed by atoms with Crippen LogP contribution in [0.25, 0.3) is 0 Å². The average Bonchev–Trinajstić information content (AvgIpc) is 3.36. The number of carbonyl (C=O) groups excluding carboxylic acids is 3. The van der Waals surface area contributed by atoms with Crippen molar-refractivity contribution in [2.24, 2.45) is 5.92 Å². The molecule has 184 valence electrons. The zero-order valence-corrected chi connectivity index (χ0v) is 22.0. The molecule has 0 aliphatic heterocycles. The number of rotatable bonds is 8. The average molecular weight is 478 g/mol. The molecular formula is C25H39N3O4S. The number of ether oxygens (including phenoxy) is 1. The number of hydrogen-bond acceptors (Lipinski definition) is 5. The third-order valence-corrected chi connectivity index (χ3v) is 5.73. The minimum absolute atomic E-state index is 0.0833. The Morgan fingerprint density at radius 3 is 2.09 bits per heavy atom. The minimum Gasteiger partial charge on any atom is -0.444 e. The highest BCUT2D eigenvalue weighted by Gasteiger charge is 2.48. The first kappa shape index (κ1) is 27.0. The van der Waals surface area contributed by atoms with Gasteiger partial charge < -0.3 is 20.3 Å². The molecule has 33 heavy (non-hydrogen) atoms. The lowest BCUT2D eigenvalue weighted by Gasteiger charge is -2.35. The predicted octanol–water partition coefficient (Wildman–Crippen LogP) is 3.93. The Kier molecular flexibility index (Phi) is 8.85. The maximum atomic E-state index is 13.8. The molecule has 1 aliphatic carbocycles. The summed E-state index contributed by atoms with van der Waals surface area (Å²) in [6.07, 6.45) is 0.113. The Hall–Kier alpha value is -2.22. The highest BCUT2D eigenvalue weighted by Crippen LogP contribution is 2.41. The van der Waals surface area contributed by atoms with Gasteiger partial charge in [0.05, 0.1) is 0 Å². The number of carbonyl (C=O) groups is 3. The summed E-state index contributed by atoms with van der Waals surface area (Å²) in [5, 5.41) is 5.63. The Morgan fingerprint density at radius 2 is 1.67 bits per heavy atom. The first-order valence-corrected chi connectivity index (χ1v) is 12.2. The second-order valence-electron chi connectivity index (χ2n) is 10.4. The van der Waals surface area contributed by atoms with E-state index >= 15 is 0 Å². The molecule has 0 aromatic heterocycles. The van der Waals surface area contributed by atoms with E-state index in [0.29, 0.717) is 0 Å². The fourth-order valence-corrected chi connectivity index (χ4v) is 4.20. The number of benzene rings is 1. The van der Waals surface area contributed by atoms with Gasteiger partial charge in [-0.15, -0.1) is 0 Å². The summed E-state index contributed by atoms with van der Waals surface area (Å²) in [6.45, 7) is 15.1. The monoisotopic (exact) mass is 477 g/mol. The molecule has 1 aromatic rings. The molecule has 4 unspecified atom stereocenters. The van der Waals surface area contributed by atoms with Crippen molar-refractivity contribution in [1.29, 1.82) is 0 Å². The summed E-state index contributed by atoms with van der Waals surface area (Å²) in [6, 6.07) is 4.02. The van der Waals surface area contributed by atoms with E-state index in [0.717, 1.165) is 23.1 Å². The van der Waals surface area contributed by atoms with E-state index in [1.54, 1.807) is 25.7 Å². The molecule has 7 nitrogen and oxygen atoms in total. The fraction of sp³-hybridized carbons (Fsp3) is 0.640. The van der Waals surface area contributed by atoms with E-state index in [-0.39, 0.29) is 35.6 Å². The normalized spacial score (nSPS) is 19.5. The Bertz CT molecular complexity index is 861. The van der Waals surface area contributed by atoms with Crippen molar-refractivity contribution >= 4 is 30.5 Å². The number of hydrogen-bond donors (Lipinski definition) is 3. The third kappa shape index (κ3) is 7.66. The van der Waals surface area contributed by atoms with Gasteiger partial charge in [-0.05, 0) is 66.4 Å². The maximum Gasteiger partial charge on any atom is 0.408 e. The Labute approximate surface area is 203 Å². The quantitative estimate of drug-likeness (QED) is 0.495. The maximum absolute atomic E-state index is 13.8. The molecular weight excluding hydrogens is 438 g/mol. The number of nitrogens with one attached hydrogen (secondary N) is 2. The second kappa shape index (κ2) is 10.8. The van der Waals surface area contributed by atoms with Crippen molar-refractivity contribution in [3.8, 4) is 0 Å². The molecule has 1 saturated carbocycles. The van der Waals surface area contributed by atoms with Crippen LogP contribution in [0, 0.1) is 19.8 Å². The zero-order valence-electron chi connectivity index (χ0n) is 21.1. The van der Waals surface area contributed by atoms with E-state index in [1.807, 2.05) is 45.9 Å². The minimum atomic E-state index is -0.920. The number of thiol groups is 1. The first-order valence-electron chi connectivity index (χ1n) is 11.5. The van der Waals surface area contributed by atoms with Crippen LogP contribution < -0.4 is 10.6 Å². The molecule has 2 rings (SSSR count). The van der Waals surface area contributed by atoms with Crippen molar-refractivity contribution < 1.29 is 19.1 Å². The summed E-state index contributed by atoms with van der Waals surface area (Å²) in [4.78, 5) is 41.3. The van der Waals surface area contributed by atoms with E-state index in [9.17, 15) is 14.4 Å². The Morgan fingerprint density at radius 1 is 1.12 bits per heavy atom. The molecule has 8 heteroatoms. The molecule has 1 aliphatic rings. The number of nitrogens with zero attached hydrogens (tertiary/aromatic N) is 1. The molecule has 4 atom stereocenters. The van der Waals surface area contributed by atoms with Gasteiger partial charge in [0.1, 0.15) is 17.7 Å². The van der Waals surface area contributed by atoms with Crippen molar-refractivity contribution in [2.75, 3.05) is 5.75 Å². The van der Waals surface area contributed by atoms with Crippen molar-refractivity contribution in [3.63, 3.8) is 0 Å². The standard InChI is InChI=1S/C25H39N3O4S/c1-14(2)26-22(29)21(18-10-15(3)9-16(4)11-18)28(20-12-17(20)5)23(30)19(13-33)27-24(31)32-25(6,7)8/h9-11,14,17,19-21,33H,12-13H2,1-8H3,(H,26,29)(H,27,31). The largest absolute Gasteiger partial charge is 0.444 e. The van der Waals surface area contributed by atoms with Crippen LogP contribution in [0.15, 0.2) is 18.2 Å². The van der Waals surface area contributed by atoms with Gasteiger partial charge in [-0.1, -0.05) is 36.2 Å². The molecule has 0 bridgehead atoms. The molecule has 3 amide bonds. The first-order chi connectivity index (χ1) is 15.2. The van der Waals surface area contributed by atoms with Crippen LogP contribution >= 0.6 is 12.6 Å². The molecule has 0 spiro atoms. The highest BCUT2D eigenvalue weighted by atomic mass is 32.1. The van der Waals surface area contributed by atoms with Crippen LogP contribution in [0.3, 0.4) is 0 Å². The van der Waals surface area contributed by atoms with Crippen molar-refractivity contribution in [3.05, 3.63) is 34.9 Å². The predicted molar refractivity (Wildman–Crippen MR) is 133 cm³/mol. The lowest BCUT2D eigenvalue weighted by Crippen LogP contribution is -2.55. The molecule has 1 fully saturated rings. The van der Waals surface area contributed by atoms with Gasteiger partial charge in [0.25, 0.3) is 0 Å². The van der Waals surface area contributed by atoms with E-state index in [4.69, 9.17) is 4.74 Å². The van der Waals surface area contributed by atoms with Crippen LogP contribution in [-0.2, 0) is 14.3 Å². The van der Waals surface area contributed by atoms with Gasteiger partial charge in [0.2, 0.25) is 11.8 Å². The number of aryl methyl sites for hydroxylation is 2. The topological polar surface area (TPSA) is 87.7 Å². The van der Waals surface area contributed by atoms with Crippen LogP contribution in [0.1, 0.15) is 70.7 Å². The number of amides is 3. The van der Waals surface area contributed by atoms with E-state index < -0.39 is 23.8 Å². The molecule has 1 aromatic carbocycles. The Balaban J connectivity index is 2.46. The summed E-state index contributed by atoms with van der Waals surface area (Å²) in [5.41, 5.74) is 2.09. The second-order valence-corrected chi connectivity index (χ2v) is 10.8. The smallest absolute Gasteiger partial charge is 0.408 e. The van der Waals surface area contributed by atoms with Crippen LogP contribution in [0.4, 0.5) is 4.79 Å². The van der Waals surface area contributed by atoms with Crippen LogP contribution in [0.2, 0.25) is 0 Å². The highest BCUT2D eigenvalue weighted by molar-refractivity contribution is 7.80. The van der Waals surface area contributed by atoms with Crippen molar-refractivity contribution in [1.82, 2.24) is 15.5 Å². The van der Waals surface area contributed by atoms with E-state index in [2.05, 4.69) is 30.2 Å².